The Labute approximate surface area is 82.9 Å². The molecule has 1 rings (SSSR count). The number of halogens is 3. The second-order valence-corrected chi connectivity index (χ2v) is 2.80. The molecule has 15 heavy (non-hydrogen) atoms. The molecule has 86 valence electrons. The molecule has 0 aromatic carbocycles. The number of carbonyl (C=O) groups is 1. The number of hydrogen-bond acceptors (Lipinski definition) is 5. The molecule has 0 saturated heterocycles. The third-order valence-electron chi connectivity index (χ3n) is 1.77. The molecular formula is C7H9F3N2O3. The van der Waals surface area contributed by atoms with Crippen molar-refractivity contribution in [2.45, 2.75) is 18.6 Å². The van der Waals surface area contributed by atoms with Crippen LogP contribution < -0.4 is 10.6 Å². The number of aliphatic hydroxyl groups excluding tert-OH is 1. The van der Waals surface area contributed by atoms with Gasteiger partial charge in [-0.05, 0) is 0 Å². The van der Waals surface area contributed by atoms with Gasteiger partial charge in [-0.1, -0.05) is 0 Å². The fourth-order valence-corrected chi connectivity index (χ4v) is 1.03. The smallest absolute Gasteiger partial charge is 0.422 e. The van der Waals surface area contributed by atoms with Crippen LogP contribution in [0.5, 0.6) is 0 Å². The quantitative estimate of drug-likeness (QED) is 0.523. The zero-order valence-corrected chi connectivity index (χ0v) is 7.63. The van der Waals surface area contributed by atoms with Gasteiger partial charge in [0.05, 0.1) is 12.7 Å². The molecule has 8 heteroatoms. The van der Waals surface area contributed by atoms with Crippen LogP contribution in [-0.2, 0) is 9.53 Å². The monoisotopic (exact) mass is 226 g/mol. The summed E-state index contributed by atoms with van der Waals surface area (Å²) in [5.41, 5.74) is -0.307. The second kappa shape index (κ2) is 4.07. The molecule has 0 radical (unpaired) electrons. The fraction of sp³-hybridized carbons (Fsp3) is 0.571. The van der Waals surface area contributed by atoms with Crippen molar-refractivity contribution in [3.8, 4) is 0 Å². The fourth-order valence-electron chi connectivity index (χ4n) is 1.03. The minimum atomic E-state index is -4.56. The van der Waals surface area contributed by atoms with Crippen molar-refractivity contribution in [1.82, 2.24) is 10.6 Å². The van der Waals surface area contributed by atoms with Crippen molar-refractivity contribution >= 4 is 5.97 Å². The summed E-state index contributed by atoms with van der Waals surface area (Å²) in [6.07, 6.45) is -7.56. The van der Waals surface area contributed by atoms with E-state index in [1.807, 2.05) is 5.32 Å². The molecule has 0 bridgehead atoms. The molecule has 3 N–H and O–H groups in total. The van der Waals surface area contributed by atoms with E-state index in [2.05, 4.69) is 4.74 Å². The number of alkyl halides is 3. The Balaban J connectivity index is 2.76. The Bertz CT molecular complexity index is 290. The molecule has 1 aliphatic rings. The SMILES string of the molecule is COC(=O)C1=CNC(C(F)(F)F)NC1O. The van der Waals surface area contributed by atoms with E-state index < -0.39 is 24.5 Å². The predicted octanol–water partition coefficient (Wildman–Crippen LogP) is -0.557. The first kappa shape index (κ1) is 11.8. The first-order valence-electron chi connectivity index (χ1n) is 3.91. The molecule has 0 saturated carbocycles. The Morgan fingerprint density at radius 2 is 2.20 bits per heavy atom. The zero-order chi connectivity index (χ0) is 11.6. The van der Waals surface area contributed by atoms with E-state index in [1.165, 1.54) is 0 Å². The van der Waals surface area contributed by atoms with Gasteiger partial charge in [-0.2, -0.15) is 13.2 Å². The molecule has 1 heterocycles. The van der Waals surface area contributed by atoms with E-state index in [9.17, 15) is 23.1 Å². The highest BCUT2D eigenvalue weighted by molar-refractivity contribution is 5.89. The molecule has 0 aromatic heterocycles. The van der Waals surface area contributed by atoms with Gasteiger partial charge < -0.3 is 15.2 Å². The first-order valence-corrected chi connectivity index (χ1v) is 3.91. The number of hydrogen-bond donors (Lipinski definition) is 3. The molecule has 0 fully saturated rings. The van der Waals surface area contributed by atoms with Gasteiger partial charge in [-0.3, -0.25) is 5.32 Å². The van der Waals surface area contributed by atoms with Gasteiger partial charge in [-0.15, -0.1) is 0 Å². The summed E-state index contributed by atoms with van der Waals surface area (Å²) in [6, 6.07) is 0. The molecular weight excluding hydrogens is 217 g/mol. The summed E-state index contributed by atoms with van der Waals surface area (Å²) in [7, 11) is 1.06. The maximum absolute atomic E-state index is 12.1. The van der Waals surface area contributed by atoms with Crippen LogP contribution in [0.2, 0.25) is 0 Å². The van der Waals surface area contributed by atoms with Crippen molar-refractivity contribution in [2.75, 3.05) is 7.11 Å². The maximum Gasteiger partial charge on any atom is 0.422 e. The summed E-state index contributed by atoms with van der Waals surface area (Å²) in [4.78, 5) is 10.9. The minimum absolute atomic E-state index is 0.307. The topological polar surface area (TPSA) is 70.6 Å². The van der Waals surface area contributed by atoms with E-state index in [-0.39, 0.29) is 5.57 Å². The van der Waals surface area contributed by atoms with Gasteiger partial charge in [0, 0.05) is 6.20 Å². The molecule has 0 aliphatic carbocycles. The normalized spacial score (nSPS) is 26.6. The van der Waals surface area contributed by atoms with Crippen molar-refractivity contribution in [2.24, 2.45) is 0 Å². The highest BCUT2D eigenvalue weighted by atomic mass is 19.4. The van der Waals surface area contributed by atoms with Gasteiger partial charge in [0.2, 0.25) is 0 Å². The van der Waals surface area contributed by atoms with E-state index in [0.29, 0.717) is 0 Å². The molecule has 2 unspecified atom stereocenters. The Morgan fingerprint density at radius 1 is 1.60 bits per heavy atom. The molecule has 0 spiro atoms. The lowest BCUT2D eigenvalue weighted by molar-refractivity contribution is -0.170. The number of esters is 1. The van der Waals surface area contributed by atoms with Crippen LogP contribution in [0, 0.1) is 0 Å². The summed E-state index contributed by atoms with van der Waals surface area (Å²) < 4.78 is 40.7. The first-order chi connectivity index (χ1) is 6.86. The predicted molar refractivity (Wildman–Crippen MR) is 42.2 cm³/mol. The lowest BCUT2D eigenvalue weighted by Gasteiger charge is -2.29. The number of carbonyl (C=O) groups excluding carboxylic acids is 1. The average molecular weight is 226 g/mol. The van der Waals surface area contributed by atoms with Crippen molar-refractivity contribution in [3.05, 3.63) is 11.8 Å². The van der Waals surface area contributed by atoms with Crippen LogP contribution in [0.3, 0.4) is 0 Å². The zero-order valence-electron chi connectivity index (χ0n) is 7.63. The Kier molecular flexibility index (Phi) is 3.20. The second-order valence-electron chi connectivity index (χ2n) is 2.80. The van der Waals surface area contributed by atoms with Crippen LogP contribution in [0.1, 0.15) is 0 Å². The van der Waals surface area contributed by atoms with Crippen molar-refractivity contribution in [3.63, 3.8) is 0 Å². The van der Waals surface area contributed by atoms with Crippen molar-refractivity contribution in [1.29, 1.82) is 0 Å². The average Bonchev–Trinajstić information content (AvgIpc) is 2.15. The van der Waals surface area contributed by atoms with E-state index in [4.69, 9.17) is 0 Å². The maximum atomic E-state index is 12.1. The summed E-state index contributed by atoms with van der Waals surface area (Å²) in [5, 5.41) is 12.9. The summed E-state index contributed by atoms with van der Waals surface area (Å²) >= 11 is 0. The molecule has 5 nitrogen and oxygen atoms in total. The molecule has 0 aromatic rings. The molecule has 1 aliphatic heterocycles. The van der Waals surface area contributed by atoms with Gasteiger partial charge in [-0.25, -0.2) is 4.79 Å². The van der Waals surface area contributed by atoms with Crippen LogP contribution in [0.15, 0.2) is 11.8 Å². The van der Waals surface area contributed by atoms with E-state index in [1.54, 1.807) is 5.32 Å². The van der Waals surface area contributed by atoms with Gasteiger partial charge >= 0.3 is 12.1 Å². The van der Waals surface area contributed by atoms with Gasteiger partial charge in [0.1, 0.15) is 6.23 Å². The minimum Gasteiger partial charge on any atom is -0.466 e. The Morgan fingerprint density at radius 3 is 2.60 bits per heavy atom. The van der Waals surface area contributed by atoms with Crippen molar-refractivity contribution < 1.29 is 27.8 Å². The van der Waals surface area contributed by atoms with E-state index in [0.717, 1.165) is 13.3 Å². The third-order valence-corrected chi connectivity index (χ3v) is 1.77. The standard InChI is InChI=1S/C7H9F3N2O3/c1-15-5(14)3-2-11-6(7(8,9)10)12-4(3)13/h2,4,6,11-13H,1H3. The highest BCUT2D eigenvalue weighted by Crippen LogP contribution is 2.21. The highest BCUT2D eigenvalue weighted by Gasteiger charge is 2.43. The largest absolute Gasteiger partial charge is 0.466 e. The third kappa shape index (κ3) is 2.60. The van der Waals surface area contributed by atoms with Gasteiger partial charge in [0.25, 0.3) is 0 Å². The number of ether oxygens (including phenoxy) is 1. The van der Waals surface area contributed by atoms with Crippen LogP contribution >= 0.6 is 0 Å². The van der Waals surface area contributed by atoms with Crippen LogP contribution in [0.4, 0.5) is 13.2 Å². The number of methoxy groups -OCH3 is 1. The van der Waals surface area contributed by atoms with Crippen LogP contribution in [-0.4, -0.2) is 36.8 Å². The summed E-state index contributed by atoms with van der Waals surface area (Å²) in [6.45, 7) is 0. The lowest BCUT2D eigenvalue weighted by atomic mass is 10.2. The van der Waals surface area contributed by atoms with E-state index >= 15 is 0 Å². The number of rotatable bonds is 1. The number of nitrogens with one attached hydrogen (secondary N) is 2. The Hall–Kier alpha value is -1.28. The number of aliphatic hydroxyl groups is 1. The van der Waals surface area contributed by atoms with Crippen LogP contribution in [0.25, 0.3) is 0 Å². The van der Waals surface area contributed by atoms with Gasteiger partial charge in [0.15, 0.2) is 6.17 Å². The summed E-state index contributed by atoms with van der Waals surface area (Å²) in [5.74, 6) is -0.900. The lowest BCUT2D eigenvalue weighted by Crippen LogP contribution is -2.58. The molecule has 0 amide bonds. The molecule has 2 atom stereocenters.